The summed E-state index contributed by atoms with van der Waals surface area (Å²) in [7, 11) is 1.69. The number of carbonyl (C=O) groups is 1. The van der Waals surface area contributed by atoms with E-state index in [1.54, 1.807) is 30.1 Å². The van der Waals surface area contributed by atoms with E-state index < -0.39 is 0 Å². The monoisotopic (exact) mass is 292 g/mol. The average molecular weight is 293 g/mol. The van der Waals surface area contributed by atoms with Gasteiger partial charge in [-0.05, 0) is 30.7 Å². The van der Waals surface area contributed by atoms with Gasteiger partial charge < -0.3 is 4.90 Å². The lowest BCUT2D eigenvalue weighted by Crippen LogP contribution is -2.29. The van der Waals surface area contributed by atoms with Crippen LogP contribution in [0, 0.1) is 5.82 Å². The number of aromatic nitrogens is 1. The van der Waals surface area contributed by atoms with Crippen LogP contribution in [-0.4, -0.2) is 22.8 Å². The normalized spacial score (nSPS) is 12.0. The quantitative estimate of drug-likeness (QED) is 0.864. The Labute approximate surface area is 122 Å². The fourth-order valence-electron chi connectivity index (χ4n) is 1.88. The molecule has 0 aliphatic heterocycles. The van der Waals surface area contributed by atoms with Gasteiger partial charge in [0.15, 0.2) is 0 Å². The van der Waals surface area contributed by atoms with E-state index in [2.05, 4.69) is 4.98 Å². The number of hydrogen-bond donors (Lipinski definition) is 0. The third-order valence-corrected chi connectivity index (χ3v) is 3.56. The van der Waals surface area contributed by atoms with Crippen LogP contribution in [0.1, 0.15) is 28.9 Å². The van der Waals surface area contributed by atoms with Crippen LogP contribution in [0.2, 0.25) is 5.02 Å². The van der Waals surface area contributed by atoms with Crippen molar-refractivity contribution in [2.75, 3.05) is 7.05 Å². The summed E-state index contributed by atoms with van der Waals surface area (Å²) in [6, 6.07) is 7.48. The van der Waals surface area contributed by atoms with Crippen molar-refractivity contribution in [3.05, 3.63) is 64.7 Å². The summed E-state index contributed by atoms with van der Waals surface area (Å²) in [5, 5.41) is 0.315. The first-order valence-electron chi connectivity index (χ1n) is 6.13. The molecule has 0 saturated carbocycles. The largest absolute Gasteiger partial charge is 0.335 e. The summed E-state index contributed by atoms with van der Waals surface area (Å²) < 4.78 is 12.9. The summed E-state index contributed by atoms with van der Waals surface area (Å²) in [4.78, 5) is 17.8. The molecular weight excluding hydrogens is 279 g/mol. The predicted octanol–water partition coefficient (Wildman–Crippen LogP) is 3.71. The number of nitrogens with zero attached hydrogens (tertiary/aromatic N) is 2. The van der Waals surface area contributed by atoms with Crippen molar-refractivity contribution in [3.8, 4) is 0 Å². The SMILES string of the molecule is CC(c1ccc(F)cc1)N(C)C(=O)c1ccncc1Cl. The molecule has 104 valence electrons. The van der Waals surface area contributed by atoms with Crippen LogP contribution in [0.3, 0.4) is 0 Å². The molecule has 1 amide bonds. The van der Waals surface area contributed by atoms with Gasteiger partial charge in [-0.2, -0.15) is 0 Å². The van der Waals surface area contributed by atoms with Crippen LogP contribution >= 0.6 is 11.6 Å². The van der Waals surface area contributed by atoms with E-state index in [1.165, 1.54) is 24.5 Å². The molecule has 0 N–H and O–H groups in total. The molecule has 2 aromatic rings. The van der Waals surface area contributed by atoms with Gasteiger partial charge in [-0.1, -0.05) is 23.7 Å². The molecule has 1 aromatic carbocycles. The Kier molecular flexibility index (Phi) is 4.35. The van der Waals surface area contributed by atoms with Crippen LogP contribution in [0.4, 0.5) is 4.39 Å². The molecule has 5 heteroatoms. The molecule has 0 fully saturated rings. The van der Waals surface area contributed by atoms with E-state index in [0.29, 0.717) is 10.6 Å². The summed E-state index contributed by atoms with van der Waals surface area (Å²) in [5.74, 6) is -0.499. The lowest BCUT2D eigenvalue weighted by atomic mass is 10.1. The van der Waals surface area contributed by atoms with Gasteiger partial charge in [0.05, 0.1) is 16.6 Å². The number of hydrogen-bond acceptors (Lipinski definition) is 2. The number of benzene rings is 1. The van der Waals surface area contributed by atoms with Crippen LogP contribution in [0.15, 0.2) is 42.7 Å². The Morgan fingerprint density at radius 1 is 1.30 bits per heavy atom. The summed E-state index contributed by atoms with van der Waals surface area (Å²) in [6.07, 6.45) is 2.96. The van der Waals surface area contributed by atoms with Crippen molar-refractivity contribution in [1.29, 1.82) is 0 Å². The topological polar surface area (TPSA) is 33.2 Å². The van der Waals surface area contributed by atoms with Gasteiger partial charge in [-0.15, -0.1) is 0 Å². The van der Waals surface area contributed by atoms with E-state index in [9.17, 15) is 9.18 Å². The molecule has 0 spiro atoms. The van der Waals surface area contributed by atoms with Crippen molar-refractivity contribution in [2.45, 2.75) is 13.0 Å². The Bertz CT molecular complexity index is 616. The fraction of sp³-hybridized carbons (Fsp3) is 0.200. The molecule has 20 heavy (non-hydrogen) atoms. The van der Waals surface area contributed by atoms with Gasteiger partial charge in [0.1, 0.15) is 5.82 Å². The molecule has 2 rings (SSSR count). The number of amides is 1. The highest BCUT2D eigenvalue weighted by Crippen LogP contribution is 2.23. The van der Waals surface area contributed by atoms with E-state index in [0.717, 1.165) is 5.56 Å². The lowest BCUT2D eigenvalue weighted by molar-refractivity contribution is 0.0742. The Balaban J connectivity index is 2.22. The zero-order valence-electron chi connectivity index (χ0n) is 11.2. The minimum absolute atomic E-state index is 0.188. The van der Waals surface area contributed by atoms with E-state index >= 15 is 0 Å². The van der Waals surface area contributed by atoms with Crippen molar-refractivity contribution in [1.82, 2.24) is 9.88 Å². The highest BCUT2D eigenvalue weighted by molar-refractivity contribution is 6.33. The second-order valence-corrected chi connectivity index (χ2v) is 4.91. The Morgan fingerprint density at radius 2 is 1.95 bits per heavy atom. The molecule has 0 saturated heterocycles. The fourth-order valence-corrected chi connectivity index (χ4v) is 2.08. The first-order valence-corrected chi connectivity index (χ1v) is 6.50. The lowest BCUT2D eigenvalue weighted by Gasteiger charge is -2.25. The zero-order chi connectivity index (χ0) is 14.7. The van der Waals surface area contributed by atoms with Gasteiger partial charge in [0.25, 0.3) is 5.91 Å². The van der Waals surface area contributed by atoms with Gasteiger partial charge >= 0.3 is 0 Å². The molecule has 0 bridgehead atoms. The minimum atomic E-state index is -0.299. The van der Waals surface area contributed by atoms with Gasteiger partial charge in [-0.3, -0.25) is 9.78 Å². The molecular formula is C15H14ClFN2O. The van der Waals surface area contributed by atoms with Crippen LogP contribution < -0.4 is 0 Å². The second-order valence-electron chi connectivity index (χ2n) is 4.50. The average Bonchev–Trinajstić information content (AvgIpc) is 2.46. The summed E-state index contributed by atoms with van der Waals surface area (Å²) >= 11 is 5.98. The first-order chi connectivity index (χ1) is 9.50. The maximum atomic E-state index is 12.9. The van der Waals surface area contributed by atoms with Crippen molar-refractivity contribution < 1.29 is 9.18 Å². The smallest absolute Gasteiger partial charge is 0.255 e. The van der Waals surface area contributed by atoms with Gasteiger partial charge in [0.2, 0.25) is 0 Å². The minimum Gasteiger partial charge on any atom is -0.335 e. The molecule has 3 nitrogen and oxygen atoms in total. The number of pyridine rings is 1. The molecule has 0 aliphatic rings. The maximum Gasteiger partial charge on any atom is 0.255 e. The Hall–Kier alpha value is -1.94. The molecule has 1 aromatic heterocycles. The zero-order valence-corrected chi connectivity index (χ0v) is 11.9. The van der Waals surface area contributed by atoms with Crippen LogP contribution in [0.25, 0.3) is 0 Å². The van der Waals surface area contributed by atoms with Crippen molar-refractivity contribution in [2.24, 2.45) is 0 Å². The van der Waals surface area contributed by atoms with Crippen LogP contribution in [0.5, 0.6) is 0 Å². The standard InChI is InChI=1S/C15H14ClFN2O/c1-10(11-3-5-12(17)6-4-11)19(2)15(20)13-7-8-18-9-14(13)16/h3-10H,1-2H3. The summed E-state index contributed by atoms with van der Waals surface area (Å²) in [5.41, 5.74) is 1.26. The highest BCUT2D eigenvalue weighted by Gasteiger charge is 2.20. The van der Waals surface area contributed by atoms with Crippen LogP contribution in [-0.2, 0) is 0 Å². The van der Waals surface area contributed by atoms with E-state index in [1.807, 2.05) is 6.92 Å². The van der Waals surface area contributed by atoms with E-state index in [-0.39, 0.29) is 17.8 Å². The third-order valence-electron chi connectivity index (χ3n) is 3.26. The molecule has 1 atom stereocenters. The third kappa shape index (κ3) is 2.96. The van der Waals surface area contributed by atoms with Gasteiger partial charge in [-0.25, -0.2) is 4.39 Å². The number of rotatable bonds is 3. The number of carbonyl (C=O) groups excluding carboxylic acids is 1. The predicted molar refractivity (Wildman–Crippen MR) is 76.2 cm³/mol. The Morgan fingerprint density at radius 3 is 2.55 bits per heavy atom. The second kappa shape index (κ2) is 6.01. The van der Waals surface area contributed by atoms with E-state index in [4.69, 9.17) is 11.6 Å². The van der Waals surface area contributed by atoms with Gasteiger partial charge in [0, 0.05) is 19.4 Å². The van der Waals surface area contributed by atoms with Crippen molar-refractivity contribution >= 4 is 17.5 Å². The number of halogens is 2. The maximum absolute atomic E-state index is 12.9. The molecule has 1 unspecified atom stereocenters. The first kappa shape index (κ1) is 14.5. The molecule has 0 aliphatic carbocycles. The highest BCUT2D eigenvalue weighted by atomic mass is 35.5. The summed E-state index contributed by atoms with van der Waals surface area (Å²) in [6.45, 7) is 1.88. The van der Waals surface area contributed by atoms with Crippen molar-refractivity contribution in [3.63, 3.8) is 0 Å². The molecule has 1 heterocycles. The molecule has 0 radical (unpaired) electrons.